The van der Waals surface area contributed by atoms with Crippen LogP contribution in [0.2, 0.25) is 0 Å². The van der Waals surface area contributed by atoms with Crippen molar-refractivity contribution in [1.29, 1.82) is 0 Å². The van der Waals surface area contributed by atoms with Crippen LogP contribution in [0, 0.1) is 0 Å². The highest BCUT2D eigenvalue weighted by Gasteiger charge is 2.22. The van der Waals surface area contributed by atoms with E-state index >= 15 is 0 Å². The van der Waals surface area contributed by atoms with Gasteiger partial charge in [-0.25, -0.2) is 0 Å². The van der Waals surface area contributed by atoms with Gasteiger partial charge in [0.05, 0.1) is 12.7 Å². The van der Waals surface area contributed by atoms with Gasteiger partial charge in [-0.15, -0.1) is 0 Å². The fourth-order valence-corrected chi connectivity index (χ4v) is 2.76. The van der Waals surface area contributed by atoms with E-state index in [1.807, 2.05) is 30.3 Å². The summed E-state index contributed by atoms with van der Waals surface area (Å²) in [6.45, 7) is 0.120. The van der Waals surface area contributed by atoms with Gasteiger partial charge >= 0.3 is 4.83 Å². The number of halogens is 3. The van der Waals surface area contributed by atoms with Crippen LogP contribution in [0.4, 0.5) is 8.78 Å². The van der Waals surface area contributed by atoms with Crippen LogP contribution in [0.1, 0.15) is 12.8 Å². The number of rotatable bonds is 6. The quantitative estimate of drug-likeness (QED) is 0.557. The van der Waals surface area contributed by atoms with Crippen molar-refractivity contribution >= 4 is 27.3 Å². The smallest absolute Gasteiger partial charge is 0.301 e. The molecule has 0 atom stereocenters. The Hall–Kier alpha value is -1.34. The molecule has 0 aliphatic carbocycles. The lowest BCUT2D eigenvalue weighted by atomic mass is 10.2. The lowest BCUT2D eigenvalue weighted by Crippen LogP contribution is -2.09. The van der Waals surface area contributed by atoms with Gasteiger partial charge in [0.2, 0.25) is 0 Å². The van der Waals surface area contributed by atoms with Gasteiger partial charge in [0, 0.05) is 12.0 Å². The summed E-state index contributed by atoms with van der Waals surface area (Å²) in [5.74, 6) is 0. The van der Waals surface area contributed by atoms with E-state index < -0.39 is 10.4 Å². The first-order chi connectivity index (χ1) is 9.94. The Kier molecular flexibility index (Phi) is 5.41. The highest BCUT2D eigenvalue weighted by atomic mass is 79.9. The van der Waals surface area contributed by atoms with E-state index in [1.165, 1.54) is 17.4 Å². The molecule has 2 rings (SSSR count). The molecule has 0 unspecified atom stereocenters. The number of nitrogens with zero attached hydrogens (tertiary/aromatic N) is 1. The first kappa shape index (κ1) is 16.0. The summed E-state index contributed by atoms with van der Waals surface area (Å²) in [4.78, 5) is 12.6. The molecule has 0 saturated carbocycles. The van der Waals surface area contributed by atoms with E-state index in [0.717, 1.165) is 5.56 Å². The Morgan fingerprint density at radius 2 is 2.00 bits per heavy atom. The first-order valence-corrected chi connectivity index (χ1v) is 7.82. The molecule has 0 saturated heterocycles. The predicted octanol–water partition coefficient (Wildman–Crippen LogP) is 4.32. The van der Waals surface area contributed by atoms with Crippen molar-refractivity contribution in [2.24, 2.45) is 0 Å². The van der Waals surface area contributed by atoms with Crippen LogP contribution in [0.25, 0.3) is 10.6 Å². The Bertz CT molecular complexity index is 643. The monoisotopic (exact) mass is 375 g/mol. The summed E-state index contributed by atoms with van der Waals surface area (Å²) in [5, 5.41) is 0.927. The van der Waals surface area contributed by atoms with Crippen LogP contribution in [0.5, 0.6) is 5.06 Å². The molecule has 0 radical (unpaired) electrons. The molecular weight excluding hydrogens is 364 g/mol. The summed E-state index contributed by atoms with van der Waals surface area (Å²) in [6, 6.07) is 10.5. The predicted molar refractivity (Wildman–Crippen MR) is 82.4 cm³/mol. The average Bonchev–Trinajstić information content (AvgIpc) is 2.43. The zero-order valence-corrected chi connectivity index (χ0v) is 13.3. The minimum absolute atomic E-state index is 0.120. The van der Waals surface area contributed by atoms with Crippen molar-refractivity contribution in [2.75, 3.05) is 6.61 Å². The molecule has 112 valence electrons. The van der Waals surface area contributed by atoms with Crippen molar-refractivity contribution in [2.45, 2.75) is 17.7 Å². The van der Waals surface area contributed by atoms with Crippen LogP contribution >= 0.6 is 27.3 Å². The molecule has 1 aromatic heterocycles. The minimum atomic E-state index is -2.88. The van der Waals surface area contributed by atoms with E-state index in [9.17, 15) is 13.6 Å². The third-order valence-electron chi connectivity index (χ3n) is 2.52. The fraction of sp³-hybridized carbons (Fsp3) is 0.286. The summed E-state index contributed by atoms with van der Waals surface area (Å²) in [5.41, 5.74) is 0.408. The Morgan fingerprint density at radius 1 is 1.29 bits per heavy atom. The summed E-state index contributed by atoms with van der Waals surface area (Å²) < 4.78 is 30.6. The minimum Gasteiger partial charge on any atom is -0.484 e. The lowest BCUT2D eigenvalue weighted by Gasteiger charge is -2.09. The highest BCUT2D eigenvalue weighted by Crippen LogP contribution is 2.29. The second-order valence-electron chi connectivity index (χ2n) is 4.25. The molecule has 1 aromatic carbocycles. The van der Waals surface area contributed by atoms with Crippen molar-refractivity contribution in [1.82, 2.24) is 4.98 Å². The summed E-state index contributed by atoms with van der Waals surface area (Å²) >= 11 is 3.49. The molecule has 0 aliphatic rings. The maximum absolute atomic E-state index is 12.6. The number of benzene rings is 1. The molecule has 7 heteroatoms. The Morgan fingerprint density at radius 3 is 2.67 bits per heavy atom. The molecule has 0 fully saturated rings. The van der Waals surface area contributed by atoms with E-state index in [-0.39, 0.29) is 19.4 Å². The van der Waals surface area contributed by atoms with Gasteiger partial charge in [-0.05, 0) is 22.4 Å². The van der Waals surface area contributed by atoms with Gasteiger partial charge in [0.1, 0.15) is 5.01 Å². The topological polar surface area (TPSA) is 39.2 Å². The zero-order valence-electron chi connectivity index (χ0n) is 10.9. The van der Waals surface area contributed by atoms with E-state index in [0.29, 0.717) is 10.1 Å². The normalized spacial score (nSPS) is 11.4. The Balaban J connectivity index is 2.04. The number of hydrogen-bond acceptors (Lipinski definition) is 4. The third-order valence-corrected chi connectivity index (χ3v) is 3.87. The summed E-state index contributed by atoms with van der Waals surface area (Å²) in [7, 11) is 0. The summed E-state index contributed by atoms with van der Waals surface area (Å²) in [6.07, 6.45) is -0.138. The molecule has 0 N–H and O–H groups in total. The van der Waals surface area contributed by atoms with E-state index in [2.05, 4.69) is 20.9 Å². The zero-order chi connectivity index (χ0) is 15.3. The fourth-order valence-electron chi connectivity index (χ4n) is 1.60. The molecule has 2 aromatic rings. The SMILES string of the molecule is O=c1cc(OCCCC(F)(F)Br)sc(-c2ccccc2)n1. The van der Waals surface area contributed by atoms with Gasteiger partial charge in [-0.3, -0.25) is 4.79 Å². The van der Waals surface area contributed by atoms with Gasteiger partial charge in [0.15, 0.2) is 5.06 Å². The molecule has 0 amide bonds. The second-order valence-corrected chi connectivity index (χ2v) is 6.41. The highest BCUT2D eigenvalue weighted by molar-refractivity contribution is 9.09. The van der Waals surface area contributed by atoms with Crippen LogP contribution in [-0.2, 0) is 0 Å². The molecule has 0 aliphatic heterocycles. The maximum atomic E-state index is 12.6. The molecule has 21 heavy (non-hydrogen) atoms. The largest absolute Gasteiger partial charge is 0.484 e. The maximum Gasteiger partial charge on any atom is 0.301 e. The molecule has 0 spiro atoms. The van der Waals surface area contributed by atoms with E-state index in [4.69, 9.17) is 4.74 Å². The van der Waals surface area contributed by atoms with Gasteiger partial charge in [-0.1, -0.05) is 41.7 Å². The standard InChI is InChI=1S/C14H12BrF2NO2S/c15-14(16,17)7-4-8-20-12-9-11(19)18-13(21-12)10-5-2-1-3-6-10/h1-3,5-6,9H,4,7-8H2. The molecule has 1 heterocycles. The Labute approximate surface area is 132 Å². The average molecular weight is 376 g/mol. The van der Waals surface area contributed by atoms with Crippen LogP contribution in [0.15, 0.2) is 41.2 Å². The number of hydrogen-bond donors (Lipinski definition) is 0. The van der Waals surface area contributed by atoms with Gasteiger partial charge in [0.25, 0.3) is 5.56 Å². The molecule has 0 bridgehead atoms. The van der Waals surface area contributed by atoms with Crippen molar-refractivity contribution in [3.05, 3.63) is 46.8 Å². The number of ether oxygens (including phenoxy) is 1. The van der Waals surface area contributed by atoms with Crippen molar-refractivity contribution in [3.63, 3.8) is 0 Å². The van der Waals surface area contributed by atoms with E-state index in [1.54, 1.807) is 0 Å². The van der Waals surface area contributed by atoms with Gasteiger partial charge in [-0.2, -0.15) is 13.8 Å². The third kappa shape index (κ3) is 5.51. The first-order valence-electron chi connectivity index (χ1n) is 6.21. The van der Waals surface area contributed by atoms with Gasteiger partial charge < -0.3 is 4.74 Å². The van der Waals surface area contributed by atoms with Crippen LogP contribution in [-0.4, -0.2) is 16.4 Å². The molecule has 3 nitrogen and oxygen atoms in total. The second kappa shape index (κ2) is 7.09. The van der Waals surface area contributed by atoms with Crippen LogP contribution in [0.3, 0.4) is 0 Å². The number of aromatic nitrogens is 1. The van der Waals surface area contributed by atoms with Crippen molar-refractivity contribution in [3.8, 4) is 15.6 Å². The van der Waals surface area contributed by atoms with Crippen LogP contribution < -0.4 is 10.3 Å². The van der Waals surface area contributed by atoms with Crippen molar-refractivity contribution < 1.29 is 13.5 Å². The number of alkyl halides is 3. The molecular formula is C14H12BrF2NO2S. The lowest BCUT2D eigenvalue weighted by molar-refractivity contribution is 0.0957.